The van der Waals surface area contributed by atoms with E-state index < -0.39 is 11.7 Å². The Hall–Kier alpha value is -2.13. The SMILES string of the molecule is CC(C)(C)OC(=O)Nc1cccc(CCN=C=O)c1. The lowest BCUT2D eigenvalue weighted by Crippen LogP contribution is -2.27. The molecule has 0 heterocycles. The van der Waals surface area contributed by atoms with Gasteiger partial charge < -0.3 is 4.74 Å². The first-order valence-electron chi connectivity index (χ1n) is 6.03. The van der Waals surface area contributed by atoms with Gasteiger partial charge in [-0.3, -0.25) is 5.32 Å². The third-order valence-corrected chi connectivity index (χ3v) is 2.15. The molecule has 0 radical (unpaired) electrons. The molecule has 0 aliphatic heterocycles. The number of benzene rings is 1. The molecule has 1 amide bonds. The molecule has 1 N–H and O–H groups in total. The number of rotatable bonds is 4. The number of aliphatic imine (C=N–C) groups is 1. The van der Waals surface area contributed by atoms with Crippen molar-refractivity contribution in [1.29, 1.82) is 0 Å². The Morgan fingerprint density at radius 1 is 1.42 bits per heavy atom. The first kappa shape index (κ1) is 14.9. The second kappa shape index (κ2) is 6.71. The van der Waals surface area contributed by atoms with Crippen molar-refractivity contribution in [2.24, 2.45) is 4.99 Å². The van der Waals surface area contributed by atoms with Gasteiger partial charge in [-0.1, -0.05) is 12.1 Å². The Balaban J connectivity index is 2.61. The predicted octanol–water partition coefficient (Wildman–Crippen LogP) is 2.91. The van der Waals surface area contributed by atoms with Crippen LogP contribution in [0.1, 0.15) is 26.3 Å². The summed E-state index contributed by atoms with van der Waals surface area (Å²) in [5, 5.41) is 2.66. The van der Waals surface area contributed by atoms with Gasteiger partial charge in [0.25, 0.3) is 0 Å². The maximum absolute atomic E-state index is 11.6. The molecule has 0 saturated heterocycles. The zero-order valence-corrected chi connectivity index (χ0v) is 11.4. The molecule has 5 heteroatoms. The summed E-state index contributed by atoms with van der Waals surface area (Å²) >= 11 is 0. The molecule has 0 fully saturated rings. The molecule has 1 aromatic rings. The fourth-order valence-electron chi connectivity index (χ4n) is 1.46. The third-order valence-electron chi connectivity index (χ3n) is 2.15. The monoisotopic (exact) mass is 262 g/mol. The van der Waals surface area contributed by atoms with Gasteiger partial charge in [0.1, 0.15) is 5.60 Å². The predicted molar refractivity (Wildman–Crippen MR) is 73.0 cm³/mol. The lowest BCUT2D eigenvalue weighted by molar-refractivity contribution is 0.0636. The zero-order chi connectivity index (χ0) is 14.3. The number of carbonyl (C=O) groups is 1. The van der Waals surface area contributed by atoms with Crippen molar-refractivity contribution in [1.82, 2.24) is 0 Å². The number of isocyanates is 1. The fourth-order valence-corrected chi connectivity index (χ4v) is 1.46. The van der Waals surface area contributed by atoms with Crippen LogP contribution in [0.15, 0.2) is 29.3 Å². The minimum absolute atomic E-state index is 0.388. The van der Waals surface area contributed by atoms with Gasteiger partial charge in [-0.05, 0) is 44.9 Å². The summed E-state index contributed by atoms with van der Waals surface area (Å²) in [7, 11) is 0. The van der Waals surface area contributed by atoms with Crippen LogP contribution >= 0.6 is 0 Å². The van der Waals surface area contributed by atoms with Crippen LogP contribution in [0.4, 0.5) is 10.5 Å². The molecule has 0 unspecified atom stereocenters. The van der Waals surface area contributed by atoms with Crippen LogP contribution in [0.5, 0.6) is 0 Å². The van der Waals surface area contributed by atoms with E-state index in [0.29, 0.717) is 18.7 Å². The molecule has 0 saturated carbocycles. The van der Waals surface area contributed by atoms with E-state index in [-0.39, 0.29) is 0 Å². The Morgan fingerprint density at radius 2 is 2.16 bits per heavy atom. The lowest BCUT2D eigenvalue weighted by atomic mass is 10.1. The van der Waals surface area contributed by atoms with Gasteiger partial charge in [0.15, 0.2) is 0 Å². The van der Waals surface area contributed by atoms with Crippen molar-refractivity contribution < 1.29 is 14.3 Å². The molecular formula is C14H18N2O3. The molecule has 1 rings (SSSR count). The molecule has 0 aliphatic rings. The van der Waals surface area contributed by atoms with Gasteiger partial charge in [-0.25, -0.2) is 14.6 Å². The quantitative estimate of drug-likeness (QED) is 0.670. The molecule has 102 valence electrons. The summed E-state index contributed by atoms with van der Waals surface area (Å²) in [6.45, 7) is 5.81. The molecule has 0 aromatic heterocycles. The van der Waals surface area contributed by atoms with Crippen molar-refractivity contribution >= 4 is 17.9 Å². The van der Waals surface area contributed by atoms with E-state index in [9.17, 15) is 9.59 Å². The number of hydrogen-bond acceptors (Lipinski definition) is 4. The van der Waals surface area contributed by atoms with Crippen molar-refractivity contribution in [2.75, 3.05) is 11.9 Å². The van der Waals surface area contributed by atoms with Crippen LogP contribution in [0.25, 0.3) is 0 Å². The van der Waals surface area contributed by atoms with E-state index in [1.54, 1.807) is 26.8 Å². The molecule has 1 aromatic carbocycles. The number of amides is 1. The summed E-state index contributed by atoms with van der Waals surface area (Å²) < 4.78 is 5.16. The molecule has 0 spiro atoms. The molecule has 19 heavy (non-hydrogen) atoms. The minimum atomic E-state index is -0.527. The van der Waals surface area contributed by atoms with E-state index in [4.69, 9.17) is 4.74 Å². The van der Waals surface area contributed by atoms with Crippen LogP contribution in [0.3, 0.4) is 0 Å². The van der Waals surface area contributed by atoms with Crippen molar-refractivity contribution in [3.05, 3.63) is 29.8 Å². The van der Waals surface area contributed by atoms with Crippen molar-refractivity contribution in [2.45, 2.75) is 32.8 Å². The number of anilines is 1. The molecule has 5 nitrogen and oxygen atoms in total. The topological polar surface area (TPSA) is 67.8 Å². The summed E-state index contributed by atoms with van der Waals surface area (Å²) in [4.78, 5) is 25.1. The van der Waals surface area contributed by atoms with E-state index in [1.165, 1.54) is 6.08 Å². The number of hydrogen-bond donors (Lipinski definition) is 1. The van der Waals surface area contributed by atoms with Crippen LogP contribution in [-0.4, -0.2) is 24.3 Å². The Morgan fingerprint density at radius 3 is 2.79 bits per heavy atom. The van der Waals surface area contributed by atoms with Gasteiger partial charge in [0.2, 0.25) is 6.08 Å². The highest BCUT2D eigenvalue weighted by molar-refractivity contribution is 5.84. The summed E-state index contributed by atoms with van der Waals surface area (Å²) in [6, 6.07) is 7.33. The Labute approximate surface area is 112 Å². The number of nitrogens with one attached hydrogen (secondary N) is 1. The Bertz CT molecular complexity index is 486. The molecular weight excluding hydrogens is 244 g/mol. The average molecular weight is 262 g/mol. The van der Waals surface area contributed by atoms with E-state index in [1.807, 2.05) is 18.2 Å². The molecule has 0 bridgehead atoms. The van der Waals surface area contributed by atoms with Crippen LogP contribution in [0.2, 0.25) is 0 Å². The molecule has 0 atom stereocenters. The fraction of sp³-hybridized carbons (Fsp3) is 0.429. The summed E-state index contributed by atoms with van der Waals surface area (Å²) in [6.07, 6.45) is 1.63. The molecule has 0 aliphatic carbocycles. The lowest BCUT2D eigenvalue weighted by Gasteiger charge is -2.19. The average Bonchev–Trinajstić information content (AvgIpc) is 2.27. The number of ether oxygens (including phenoxy) is 1. The van der Waals surface area contributed by atoms with Gasteiger partial charge in [-0.15, -0.1) is 0 Å². The summed E-state index contributed by atoms with van der Waals surface area (Å²) in [5.74, 6) is 0. The largest absolute Gasteiger partial charge is 0.444 e. The summed E-state index contributed by atoms with van der Waals surface area (Å²) in [5.41, 5.74) is 1.11. The third kappa shape index (κ3) is 6.38. The van der Waals surface area contributed by atoms with Crippen molar-refractivity contribution in [3.63, 3.8) is 0 Å². The normalized spacial score (nSPS) is 10.5. The van der Waals surface area contributed by atoms with E-state index in [0.717, 1.165) is 5.56 Å². The first-order valence-corrected chi connectivity index (χ1v) is 6.03. The number of nitrogens with zero attached hydrogens (tertiary/aromatic N) is 1. The smallest absolute Gasteiger partial charge is 0.412 e. The van der Waals surface area contributed by atoms with E-state index >= 15 is 0 Å². The maximum Gasteiger partial charge on any atom is 0.412 e. The van der Waals surface area contributed by atoms with Gasteiger partial charge in [0, 0.05) is 5.69 Å². The standard InChI is InChI=1S/C14H18N2O3/c1-14(2,3)19-13(18)16-12-6-4-5-11(9-12)7-8-15-10-17/h4-6,9H,7-8H2,1-3H3,(H,16,18). The highest BCUT2D eigenvalue weighted by Crippen LogP contribution is 2.14. The second-order valence-electron chi connectivity index (χ2n) is 5.05. The van der Waals surface area contributed by atoms with Crippen LogP contribution in [-0.2, 0) is 16.0 Å². The Kier molecular flexibility index (Phi) is 5.27. The highest BCUT2D eigenvalue weighted by Gasteiger charge is 2.16. The maximum atomic E-state index is 11.6. The second-order valence-corrected chi connectivity index (χ2v) is 5.05. The zero-order valence-electron chi connectivity index (χ0n) is 11.4. The van der Waals surface area contributed by atoms with Crippen molar-refractivity contribution in [3.8, 4) is 0 Å². The highest BCUT2D eigenvalue weighted by atomic mass is 16.6. The van der Waals surface area contributed by atoms with Gasteiger partial charge in [0.05, 0.1) is 6.54 Å². The van der Waals surface area contributed by atoms with Crippen LogP contribution in [0, 0.1) is 0 Å². The number of carbonyl (C=O) groups excluding carboxylic acids is 2. The van der Waals surface area contributed by atoms with Gasteiger partial charge in [-0.2, -0.15) is 0 Å². The van der Waals surface area contributed by atoms with E-state index in [2.05, 4.69) is 10.3 Å². The minimum Gasteiger partial charge on any atom is -0.444 e. The van der Waals surface area contributed by atoms with Gasteiger partial charge >= 0.3 is 6.09 Å². The first-order chi connectivity index (χ1) is 8.90. The van der Waals surface area contributed by atoms with Crippen LogP contribution < -0.4 is 5.32 Å².